The van der Waals surface area contributed by atoms with Crippen molar-refractivity contribution in [1.29, 1.82) is 0 Å². The van der Waals surface area contributed by atoms with Crippen molar-refractivity contribution in [1.82, 2.24) is 14.9 Å². The molecular formula is C20H18F2N4. The van der Waals surface area contributed by atoms with Crippen LogP contribution in [-0.2, 0) is 6.54 Å². The molecule has 4 nitrogen and oxygen atoms in total. The fourth-order valence-corrected chi connectivity index (χ4v) is 3.24. The maximum Gasteiger partial charge on any atom is 0.160 e. The highest BCUT2D eigenvalue weighted by molar-refractivity contribution is 5.71. The number of halogens is 2. The van der Waals surface area contributed by atoms with E-state index in [0.717, 1.165) is 29.9 Å². The van der Waals surface area contributed by atoms with Gasteiger partial charge in [0.25, 0.3) is 0 Å². The third-order valence-corrected chi connectivity index (χ3v) is 4.55. The van der Waals surface area contributed by atoms with Gasteiger partial charge in [0.15, 0.2) is 17.5 Å². The van der Waals surface area contributed by atoms with Crippen LogP contribution in [0.15, 0.2) is 54.9 Å². The lowest BCUT2D eigenvalue weighted by molar-refractivity contribution is 0.343. The lowest BCUT2D eigenvalue weighted by atomic mass is 10.1. The number of likely N-dealkylation sites (N-methyl/N-ethyl adjacent to an activating group) is 1. The molecule has 2 heterocycles. The van der Waals surface area contributed by atoms with Crippen LogP contribution < -0.4 is 4.90 Å². The van der Waals surface area contributed by atoms with E-state index in [9.17, 15) is 8.78 Å². The first-order valence-electron chi connectivity index (χ1n) is 8.43. The van der Waals surface area contributed by atoms with Gasteiger partial charge in [-0.2, -0.15) is 0 Å². The first kappa shape index (κ1) is 16.6. The number of aromatic nitrogens is 2. The Bertz CT molecular complexity index is 930. The Morgan fingerprint density at radius 3 is 2.50 bits per heavy atom. The van der Waals surface area contributed by atoms with Gasteiger partial charge >= 0.3 is 0 Å². The Balaban J connectivity index is 1.79. The van der Waals surface area contributed by atoms with E-state index in [0.29, 0.717) is 18.1 Å². The van der Waals surface area contributed by atoms with Crippen molar-refractivity contribution in [2.24, 2.45) is 0 Å². The van der Waals surface area contributed by atoms with E-state index < -0.39 is 11.6 Å². The SMILES string of the molecule is CN1CCN(c2ccc(F)c(F)c2)c2ccc(-c3ncccn3)cc2C1. The maximum atomic E-state index is 13.7. The number of hydrogen-bond acceptors (Lipinski definition) is 4. The van der Waals surface area contributed by atoms with Gasteiger partial charge in [-0.3, -0.25) is 0 Å². The summed E-state index contributed by atoms with van der Waals surface area (Å²) >= 11 is 0. The van der Waals surface area contributed by atoms with Crippen LogP contribution in [0.5, 0.6) is 0 Å². The number of hydrogen-bond donors (Lipinski definition) is 0. The van der Waals surface area contributed by atoms with Crippen molar-refractivity contribution < 1.29 is 8.78 Å². The van der Waals surface area contributed by atoms with E-state index in [4.69, 9.17) is 0 Å². The normalized spacial score (nSPS) is 14.8. The molecule has 26 heavy (non-hydrogen) atoms. The molecular weight excluding hydrogens is 334 g/mol. The molecule has 0 atom stereocenters. The predicted molar refractivity (Wildman–Crippen MR) is 97.2 cm³/mol. The van der Waals surface area contributed by atoms with Crippen molar-refractivity contribution in [3.05, 3.63) is 72.1 Å². The number of nitrogens with zero attached hydrogens (tertiary/aromatic N) is 4. The van der Waals surface area contributed by atoms with E-state index in [1.165, 1.54) is 12.1 Å². The third-order valence-electron chi connectivity index (χ3n) is 4.55. The molecule has 6 heteroatoms. The Morgan fingerprint density at radius 2 is 1.73 bits per heavy atom. The molecule has 2 aromatic carbocycles. The average Bonchev–Trinajstić information content (AvgIpc) is 2.82. The summed E-state index contributed by atoms with van der Waals surface area (Å²) in [5.74, 6) is -1.00. The van der Waals surface area contributed by atoms with Gasteiger partial charge in [-0.15, -0.1) is 0 Å². The molecule has 4 rings (SSSR count). The summed E-state index contributed by atoms with van der Waals surface area (Å²) in [4.78, 5) is 12.8. The minimum atomic E-state index is -0.837. The van der Waals surface area contributed by atoms with Crippen LogP contribution in [0, 0.1) is 11.6 Å². The molecule has 0 amide bonds. The highest BCUT2D eigenvalue weighted by atomic mass is 19.2. The molecule has 0 spiro atoms. The second kappa shape index (κ2) is 6.80. The first-order chi connectivity index (χ1) is 12.6. The van der Waals surface area contributed by atoms with Gasteiger partial charge in [0, 0.05) is 55.0 Å². The van der Waals surface area contributed by atoms with Crippen LogP contribution in [-0.4, -0.2) is 35.0 Å². The largest absolute Gasteiger partial charge is 0.340 e. The fourth-order valence-electron chi connectivity index (χ4n) is 3.24. The topological polar surface area (TPSA) is 32.3 Å². The lowest BCUT2D eigenvalue weighted by Gasteiger charge is -2.25. The molecule has 0 fully saturated rings. The number of benzene rings is 2. The fraction of sp³-hybridized carbons (Fsp3) is 0.200. The molecule has 0 bridgehead atoms. The molecule has 1 aliphatic heterocycles. The summed E-state index contributed by atoms with van der Waals surface area (Å²) in [6.07, 6.45) is 3.43. The van der Waals surface area contributed by atoms with Crippen LogP contribution >= 0.6 is 0 Å². The van der Waals surface area contributed by atoms with Gasteiger partial charge in [0.1, 0.15) is 0 Å². The Labute approximate surface area is 150 Å². The van der Waals surface area contributed by atoms with Crippen LogP contribution in [0.2, 0.25) is 0 Å². The zero-order valence-electron chi connectivity index (χ0n) is 14.4. The van der Waals surface area contributed by atoms with Crippen molar-refractivity contribution in [2.45, 2.75) is 6.54 Å². The smallest absolute Gasteiger partial charge is 0.160 e. The molecule has 0 aliphatic carbocycles. The van der Waals surface area contributed by atoms with Gasteiger partial charge in [0.2, 0.25) is 0 Å². The van der Waals surface area contributed by atoms with Gasteiger partial charge in [0.05, 0.1) is 0 Å². The van der Waals surface area contributed by atoms with Crippen molar-refractivity contribution in [3.63, 3.8) is 0 Å². The highest BCUT2D eigenvalue weighted by Crippen LogP contribution is 2.34. The summed E-state index contributed by atoms with van der Waals surface area (Å²) in [5.41, 5.74) is 3.66. The molecule has 0 saturated heterocycles. The summed E-state index contributed by atoms with van der Waals surface area (Å²) in [5, 5.41) is 0. The number of anilines is 2. The minimum absolute atomic E-state index is 0.643. The van der Waals surface area contributed by atoms with E-state index in [2.05, 4.69) is 20.9 Å². The zero-order valence-corrected chi connectivity index (χ0v) is 14.4. The standard InChI is InChI=1S/C20H18F2N4/c1-25-9-10-26(16-4-5-17(21)18(22)12-16)19-6-3-14(11-15(19)13-25)20-23-7-2-8-24-20/h2-8,11-12H,9-10,13H2,1H3. The molecule has 0 saturated carbocycles. The van der Waals surface area contributed by atoms with Crippen molar-refractivity contribution >= 4 is 11.4 Å². The second-order valence-electron chi connectivity index (χ2n) is 6.40. The summed E-state index contributed by atoms with van der Waals surface area (Å²) in [7, 11) is 2.05. The predicted octanol–water partition coefficient (Wildman–Crippen LogP) is 4.01. The monoisotopic (exact) mass is 352 g/mol. The van der Waals surface area contributed by atoms with Gasteiger partial charge in [-0.1, -0.05) is 0 Å². The van der Waals surface area contributed by atoms with Gasteiger partial charge < -0.3 is 9.80 Å². The van der Waals surface area contributed by atoms with E-state index >= 15 is 0 Å². The average molecular weight is 352 g/mol. The van der Waals surface area contributed by atoms with Gasteiger partial charge in [-0.25, -0.2) is 18.7 Å². The lowest BCUT2D eigenvalue weighted by Crippen LogP contribution is -2.26. The van der Waals surface area contributed by atoms with Crippen molar-refractivity contribution in [2.75, 3.05) is 25.0 Å². The zero-order chi connectivity index (χ0) is 18.1. The second-order valence-corrected chi connectivity index (χ2v) is 6.40. The molecule has 0 unspecified atom stereocenters. The maximum absolute atomic E-state index is 13.7. The highest BCUT2D eigenvalue weighted by Gasteiger charge is 2.21. The van der Waals surface area contributed by atoms with Crippen LogP contribution in [0.3, 0.4) is 0 Å². The minimum Gasteiger partial charge on any atom is -0.340 e. The molecule has 3 aromatic rings. The third kappa shape index (κ3) is 3.15. The summed E-state index contributed by atoms with van der Waals surface area (Å²) in [6, 6.07) is 11.9. The quantitative estimate of drug-likeness (QED) is 0.698. The van der Waals surface area contributed by atoms with E-state index in [1.54, 1.807) is 24.5 Å². The molecule has 0 radical (unpaired) electrons. The Kier molecular flexibility index (Phi) is 4.34. The van der Waals surface area contributed by atoms with Crippen LogP contribution in [0.1, 0.15) is 5.56 Å². The Morgan fingerprint density at radius 1 is 0.923 bits per heavy atom. The van der Waals surface area contributed by atoms with Crippen LogP contribution in [0.25, 0.3) is 11.4 Å². The molecule has 0 N–H and O–H groups in total. The van der Waals surface area contributed by atoms with E-state index in [-0.39, 0.29) is 0 Å². The van der Waals surface area contributed by atoms with Gasteiger partial charge in [-0.05, 0) is 49.0 Å². The number of rotatable bonds is 2. The Hall–Kier alpha value is -2.86. The molecule has 132 valence electrons. The van der Waals surface area contributed by atoms with Crippen LogP contribution in [0.4, 0.5) is 20.2 Å². The van der Waals surface area contributed by atoms with E-state index in [1.807, 2.05) is 24.1 Å². The molecule has 1 aromatic heterocycles. The first-order valence-corrected chi connectivity index (χ1v) is 8.43. The van der Waals surface area contributed by atoms with Crippen molar-refractivity contribution in [3.8, 4) is 11.4 Å². The summed E-state index contributed by atoms with van der Waals surface area (Å²) < 4.78 is 27.1. The number of fused-ring (bicyclic) bond motifs is 1. The molecule has 1 aliphatic rings. The summed E-state index contributed by atoms with van der Waals surface area (Å²) in [6.45, 7) is 2.26.